The van der Waals surface area contributed by atoms with Gasteiger partial charge in [-0.3, -0.25) is 4.79 Å². The molecule has 28 heavy (non-hydrogen) atoms. The van der Waals surface area contributed by atoms with E-state index in [2.05, 4.69) is 11.2 Å². The maximum Gasteiger partial charge on any atom is 0.255 e. The Labute approximate surface area is 160 Å². The van der Waals surface area contributed by atoms with Crippen molar-refractivity contribution < 1.29 is 18.8 Å². The molecule has 7 heteroatoms. The highest BCUT2D eigenvalue weighted by Gasteiger charge is 2.29. The molecule has 0 unspecified atom stereocenters. The number of carbonyl (C=O) groups is 1. The normalized spacial score (nSPS) is 14.5. The largest absolute Gasteiger partial charge is 0.454 e. The van der Waals surface area contributed by atoms with Crippen LogP contribution < -0.4 is 9.47 Å². The van der Waals surface area contributed by atoms with E-state index in [-0.39, 0.29) is 12.7 Å². The lowest BCUT2D eigenvalue weighted by atomic mass is 9.99. The molecule has 0 bridgehead atoms. The molecule has 1 amide bonds. The number of hydrogen-bond donors (Lipinski definition) is 0. The van der Waals surface area contributed by atoms with Gasteiger partial charge in [0.05, 0.1) is 23.7 Å². The molecule has 0 fully saturated rings. The lowest BCUT2D eigenvalue weighted by Crippen LogP contribution is -2.36. The summed E-state index contributed by atoms with van der Waals surface area (Å²) in [6.07, 6.45) is 0.577. The lowest BCUT2D eigenvalue weighted by molar-refractivity contribution is 0.0729. The number of amides is 1. The van der Waals surface area contributed by atoms with Gasteiger partial charge in [-0.2, -0.15) is 5.26 Å². The third-order valence-electron chi connectivity index (χ3n) is 5.04. The molecule has 2 aromatic carbocycles. The lowest BCUT2D eigenvalue weighted by Gasteiger charge is -2.26. The Kier molecular flexibility index (Phi) is 3.76. The van der Waals surface area contributed by atoms with Crippen molar-refractivity contribution in [1.29, 1.82) is 5.26 Å². The third-order valence-corrected chi connectivity index (χ3v) is 5.04. The summed E-state index contributed by atoms with van der Waals surface area (Å²) in [4.78, 5) is 14.7. The number of ether oxygens (including phenoxy) is 2. The first-order valence-corrected chi connectivity index (χ1v) is 8.90. The van der Waals surface area contributed by atoms with Crippen LogP contribution in [0.3, 0.4) is 0 Å². The maximum atomic E-state index is 13.0. The van der Waals surface area contributed by atoms with Crippen molar-refractivity contribution in [2.45, 2.75) is 13.0 Å². The highest BCUT2D eigenvalue weighted by Crippen LogP contribution is 2.38. The molecule has 3 heterocycles. The van der Waals surface area contributed by atoms with Crippen molar-refractivity contribution in [1.82, 2.24) is 10.1 Å². The summed E-state index contributed by atoms with van der Waals surface area (Å²) >= 11 is 0. The van der Waals surface area contributed by atoms with Gasteiger partial charge in [-0.15, -0.1) is 0 Å². The summed E-state index contributed by atoms with van der Waals surface area (Å²) in [6, 6.07) is 14.5. The van der Waals surface area contributed by atoms with Gasteiger partial charge in [-0.05, 0) is 30.3 Å². The molecule has 0 N–H and O–H groups in total. The van der Waals surface area contributed by atoms with E-state index in [9.17, 15) is 10.1 Å². The molecule has 0 spiro atoms. The van der Waals surface area contributed by atoms with Crippen molar-refractivity contribution in [3.05, 3.63) is 64.9 Å². The minimum Gasteiger partial charge on any atom is -0.454 e. The average molecular weight is 373 g/mol. The van der Waals surface area contributed by atoms with E-state index in [1.807, 2.05) is 18.2 Å². The number of nitriles is 1. The number of fused-ring (bicyclic) bond motifs is 2. The Bertz CT molecular complexity index is 1130. The minimum atomic E-state index is -0.166. The second-order valence-electron chi connectivity index (χ2n) is 6.64. The summed E-state index contributed by atoms with van der Waals surface area (Å²) in [5, 5.41) is 13.5. The highest BCUT2D eigenvalue weighted by atomic mass is 16.7. The Morgan fingerprint density at radius 2 is 2.00 bits per heavy atom. The smallest absolute Gasteiger partial charge is 0.255 e. The van der Waals surface area contributed by atoms with Crippen LogP contribution >= 0.6 is 0 Å². The molecule has 2 aliphatic heterocycles. The van der Waals surface area contributed by atoms with Gasteiger partial charge in [0.2, 0.25) is 6.79 Å². The van der Waals surface area contributed by atoms with Gasteiger partial charge in [-0.25, -0.2) is 0 Å². The molecule has 0 atom stereocenters. The van der Waals surface area contributed by atoms with E-state index in [0.29, 0.717) is 47.8 Å². The van der Waals surface area contributed by atoms with Crippen LogP contribution in [0.1, 0.15) is 27.2 Å². The molecule has 3 aromatic rings. The van der Waals surface area contributed by atoms with Crippen LogP contribution in [0.25, 0.3) is 11.3 Å². The first kappa shape index (κ1) is 16.4. The van der Waals surface area contributed by atoms with E-state index >= 15 is 0 Å². The van der Waals surface area contributed by atoms with Gasteiger partial charge in [0, 0.05) is 24.1 Å². The summed E-state index contributed by atoms with van der Waals surface area (Å²) in [6.45, 7) is 1.10. The fourth-order valence-electron chi connectivity index (χ4n) is 3.59. The van der Waals surface area contributed by atoms with Crippen LogP contribution in [0.5, 0.6) is 11.5 Å². The predicted molar refractivity (Wildman–Crippen MR) is 97.7 cm³/mol. The van der Waals surface area contributed by atoms with Gasteiger partial charge in [0.25, 0.3) is 5.91 Å². The van der Waals surface area contributed by atoms with Crippen LogP contribution in [0.15, 0.2) is 47.0 Å². The number of rotatable bonds is 2. The second kappa shape index (κ2) is 6.43. The summed E-state index contributed by atoms with van der Waals surface area (Å²) in [7, 11) is 0. The SMILES string of the molecule is N#Cc1ccccc1C(=O)N1CCc2onc(-c3ccc4c(c3)OCO4)c2C1. The average Bonchev–Trinajstić information content (AvgIpc) is 3.38. The second-order valence-corrected chi connectivity index (χ2v) is 6.64. The number of carbonyl (C=O) groups excluding carboxylic acids is 1. The number of nitrogens with zero attached hydrogens (tertiary/aromatic N) is 3. The molecule has 5 rings (SSSR count). The highest BCUT2D eigenvalue weighted by molar-refractivity contribution is 5.96. The van der Waals surface area contributed by atoms with E-state index < -0.39 is 0 Å². The predicted octanol–water partition coefficient (Wildman–Crippen LogP) is 3.14. The Morgan fingerprint density at radius 3 is 2.89 bits per heavy atom. The number of hydrogen-bond acceptors (Lipinski definition) is 6. The summed E-state index contributed by atoms with van der Waals surface area (Å²) in [5.74, 6) is 1.98. The molecule has 0 saturated carbocycles. The summed E-state index contributed by atoms with van der Waals surface area (Å²) < 4.78 is 16.3. The number of benzene rings is 2. The maximum absolute atomic E-state index is 13.0. The topological polar surface area (TPSA) is 88.6 Å². The standard InChI is InChI=1S/C21H15N3O4/c22-10-14-3-1-2-4-15(14)21(25)24-8-7-17-16(11-24)20(23-28-17)13-5-6-18-19(9-13)27-12-26-18/h1-6,9H,7-8,11-12H2. The van der Waals surface area contributed by atoms with Gasteiger partial charge < -0.3 is 18.9 Å². The first-order valence-electron chi connectivity index (χ1n) is 8.90. The van der Waals surface area contributed by atoms with E-state index in [1.165, 1.54) is 0 Å². The zero-order chi connectivity index (χ0) is 19.1. The van der Waals surface area contributed by atoms with Crippen LogP contribution in [0.2, 0.25) is 0 Å². The molecule has 138 valence electrons. The van der Waals surface area contributed by atoms with Crippen LogP contribution in [0.4, 0.5) is 0 Å². The van der Waals surface area contributed by atoms with E-state index in [1.54, 1.807) is 29.2 Å². The van der Waals surface area contributed by atoms with Crippen LogP contribution in [-0.4, -0.2) is 29.3 Å². The fourth-order valence-corrected chi connectivity index (χ4v) is 3.59. The Morgan fingerprint density at radius 1 is 1.14 bits per heavy atom. The van der Waals surface area contributed by atoms with Crippen molar-refractivity contribution in [3.63, 3.8) is 0 Å². The zero-order valence-corrected chi connectivity index (χ0v) is 14.8. The quantitative estimate of drug-likeness (QED) is 0.686. The van der Waals surface area contributed by atoms with E-state index in [0.717, 1.165) is 16.9 Å². The van der Waals surface area contributed by atoms with Gasteiger partial charge in [-0.1, -0.05) is 17.3 Å². The number of aromatic nitrogens is 1. The van der Waals surface area contributed by atoms with Gasteiger partial charge in [0.1, 0.15) is 11.5 Å². The fraction of sp³-hybridized carbons (Fsp3) is 0.190. The summed E-state index contributed by atoms with van der Waals surface area (Å²) in [5.41, 5.74) is 3.21. The first-order chi connectivity index (χ1) is 13.7. The van der Waals surface area contributed by atoms with Crippen LogP contribution in [-0.2, 0) is 13.0 Å². The molecule has 7 nitrogen and oxygen atoms in total. The molecule has 0 aliphatic carbocycles. The molecule has 0 radical (unpaired) electrons. The Balaban J connectivity index is 1.47. The van der Waals surface area contributed by atoms with Crippen molar-refractivity contribution in [2.75, 3.05) is 13.3 Å². The van der Waals surface area contributed by atoms with Crippen molar-refractivity contribution in [2.24, 2.45) is 0 Å². The van der Waals surface area contributed by atoms with E-state index in [4.69, 9.17) is 14.0 Å². The van der Waals surface area contributed by atoms with Gasteiger partial charge in [0.15, 0.2) is 11.5 Å². The van der Waals surface area contributed by atoms with Crippen molar-refractivity contribution in [3.8, 4) is 28.8 Å². The van der Waals surface area contributed by atoms with Crippen molar-refractivity contribution >= 4 is 5.91 Å². The van der Waals surface area contributed by atoms with Gasteiger partial charge >= 0.3 is 0 Å². The monoisotopic (exact) mass is 373 g/mol. The molecular weight excluding hydrogens is 358 g/mol. The molecule has 2 aliphatic rings. The van der Waals surface area contributed by atoms with Crippen LogP contribution in [0, 0.1) is 11.3 Å². The molecule has 1 aromatic heterocycles. The molecule has 0 saturated heterocycles. The zero-order valence-electron chi connectivity index (χ0n) is 14.8. The Hall–Kier alpha value is -3.79. The molecular formula is C21H15N3O4. The minimum absolute atomic E-state index is 0.166. The third kappa shape index (κ3) is 2.58.